The molecule has 2 atom stereocenters. The minimum absolute atomic E-state index is 0.0465. The molecule has 0 saturated carbocycles. The average molecular weight is 477 g/mol. The predicted octanol–water partition coefficient (Wildman–Crippen LogP) is 3.23. The molecule has 9 heteroatoms. The second-order valence-electron chi connectivity index (χ2n) is 8.49. The number of hydrogen-bond donors (Lipinski definition) is 4. The molecule has 1 unspecified atom stereocenters. The van der Waals surface area contributed by atoms with Gasteiger partial charge in [-0.3, -0.25) is 4.79 Å². The van der Waals surface area contributed by atoms with Gasteiger partial charge in [0.05, 0.1) is 6.33 Å². The van der Waals surface area contributed by atoms with Crippen LogP contribution in [0.15, 0.2) is 61.1 Å². The number of aliphatic carboxylic acids is 1. The zero-order chi connectivity index (χ0) is 24.8. The van der Waals surface area contributed by atoms with Crippen molar-refractivity contribution in [1.29, 1.82) is 0 Å². The molecule has 2 aromatic carbocycles. The summed E-state index contributed by atoms with van der Waals surface area (Å²) in [7, 11) is 0. The fraction of sp³-hybridized carbons (Fsp3) is 0.308. The van der Waals surface area contributed by atoms with E-state index in [0.717, 1.165) is 22.3 Å². The summed E-state index contributed by atoms with van der Waals surface area (Å²) in [6.07, 6.45) is 3.22. The molecule has 1 aromatic heterocycles. The number of amides is 2. The third kappa shape index (κ3) is 5.51. The van der Waals surface area contributed by atoms with Crippen LogP contribution in [0.2, 0.25) is 0 Å². The fourth-order valence-corrected chi connectivity index (χ4v) is 4.43. The number of hydrogen-bond acceptors (Lipinski definition) is 5. The Morgan fingerprint density at radius 3 is 2.26 bits per heavy atom. The summed E-state index contributed by atoms with van der Waals surface area (Å²) in [4.78, 5) is 43.8. The first-order chi connectivity index (χ1) is 17.0. The van der Waals surface area contributed by atoms with Crippen molar-refractivity contribution in [2.45, 2.75) is 44.2 Å². The highest BCUT2D eigenvalue weighted by molar-refractivity contribution is 5.89. The van der Waals surface area contributed by atoms with Crippen LogP contribution >= 0.6 is 0 Å². The Kier molecular flexibility index (Phi) is 7.45. The summed E-state index contributed by atoms with van der Waals surface area (Å²) >= 11 is 0. The number of nitrogens with one attached hydrogen (secondary N) is 3. The van der Waals surface area contributed by atoms with E-state index in [4.69, 9.17) is 4.74 Å². The lowest BCUT2D eigenvalue weighted by molar-refractivity contribution is -0.142. The van der Waals surface area contributed by atoms with Crippen LogP contribution < -0.4 is 10.6 Å². The standard InChI is InChI=1S/C26H28N4O5/c1-2-7-22(24(31)29-23(25(32)33)12-16-13-27-15-28-16)30-26(34)35-14-21-19-10-5-3-8-17(19)18-9-4-6-11-20(18)21/h3-6,8-11,13,15,21-23H,2,7,12,14H2,1H3,(H,27,28)(H,29,31)(H,30,34)(H,32,33)/t22-,23?/m0/s1. The fourth-order valence-electron chi connectivity index (χ4n) is 4.43. The predicted molar refractivity (Wildman–Crippen MR) is 129 cm³/mol. The number of carbonyl (C=O) groups is 3. The molecule has 4 rings (SSSR count). The van der Waals surface area contributed by atoms with Crippen LogP contribution in [0.3, 0.4) is 0 Å². The Labute approximate surface area is 202 Å². The molecule has 1 aliphatic carbocycles. The summed E-state index contributed by atoms with van der Waals surface area (Å²) in [5, 5.41) is 14.6. The molecule has 3 aromatic rings. The van der Waals surface area contributed by atoms with Crippen molar-refractivity contribution >= 4 is 18.0 Å². The zero-order valence-electron chi connectivity index (χ0n) is 19.4. The van der Waals surface area contributed by atoms with Crippen molar-refractivity contribution in [2.75, 3.05) is 6.61 Å². The van der Waals surface area contributed by atoms with E-state index in [1.54, 1.807) is 0 Å². The molecular formula is C26H28N4O5. The van der Waals surface area contributed by atoms with Gasteiger partial charge in [0.25, 0.3) is 0 Å². The number of rotatable bonds is 10. The quantitative estimate of drug-likeness (QED) is 0.355. The summed E-state index contributed by atoms with van der Waals surface area (Å²) in [5.74, 6) is -1.85. The summed E-state index contributed by atoms with van der Waals surface area (Å²) in [6.45, 7) is 2.00. The van der Waals surface area contributed by atoms with E-state index in [1.165, 1.54) is 12.5 Å². The zero-order valence-corrected chi connectivity index (χ0v) is 19.4. The van der Waals surface area contributed by atoms with Crippen LogP contribution in [0.5, 0.6) is 0 Å². The van der Waals surface area contributed by atoms with Crippen LogP contribution in [0.1, 0.15) is 42.5 Å². The van der Waals surface area contributed by atoms with Gasteiger partial charge in [-0.1, -0.05) is 61.9 Å². The maximum atomic E-state index is 12.8. The first kappa shape index (κ1) is 24.0. The van der Waals surface area contributed by atoms with Crippen LogP contribution in [-0.4, -0.2) is 51.7 Å². The summed E-state index contributed by atoms with van der Waals surface area (Å²) in [6, 6.07) is 14.0. The van der Waals surface area contributed by atoms with Crippen LogP contribution in [0.25, 0.3) is 11.1 Å². The number of aromatic amines is 1. The summed E-state index contributed by atoms with van der Waals surface area (Å²) in [5.41, 5.74) is 5.00. The van der Waals surface area contributed by atoms with Crippen LogP contribution in [-0.2, 0) is 20.7 Å². The average Bonchev–Trinajstić information content (AvgIpc) is 3.48. The van der Waals surface area contributed by atoms with E-state index < -0.39 is 30.1 Å². The van der Waals surface area contributed by atoms with Gasteiger partial charge in [-0.25, -0.2) is 14.6 Å². The Hall–Kier alpha value is -4.14. The number of fused-ring (bicyclic) bond motifs is 3. The van der Waals surface area contributed by atoms with Gasteiger partial charge in [-0.15, -0.1) is 0 Å². The van der Waals surface area contributed by atoms with Crippen molar-refractivity contribution in [3.8, 4) is 11.1 Å². The first-order valence-electron chi connectivity index (χ1n) is 11.6. The molecule has 0 saturated heterocycles. The van der Waals surface area contributed by atoms with E-state index in [1.807, 2.05) is 43.3 Å². The molecule has 2 amide bonds. The number of aromatic nitrogens is 2. The molecule has 0 spiro atoms. The summed E-state index contributed by atoms with van der Waals surface area (Å²) < 4.78 is 5.54. The number of alkyl carbamates (subject to hydrolysis) is 1. The maximum absolute atomic E-state index is 12.8. The van der Waals surface area contributed by atoms with Gasteiger partial charge in [-0.05, 0) is 28.7 Å². The highest BCUT2D eigenvalue weighted by Gasteiger charge is 2.30. The van der Waals surface area contributed by atoms with Crippen molar-refractivity contribution < 1.29 is 24.2 Å². The Balaban J connectivity index is 1.38. The number of carbonyl (C=O) groups excluding carboxylic acids is 2. The van der Waals surface area contributed by atoms with Gasteiger partial charge in [-0.2, -0.15) is 0 Å². The smallest absolute Gasteiger partial charge is 0.407 e. The largest absolute Gasteiger partial charge is 0.480 e. The molecule has 4 N–H and O–H groups in total. The highest BCUT2D eigenvalue weighted by Crippen LogP contribution is 2.44. The van der Waals surface area contributed by atoms with Crippen LogP contribution in [0.4, 0.5) is 4.79 Å². The monoisotopic (exact) mass is 476 g/mol. The van der Waals surface area contributed by atoms with Crippen molar-refractivity contribution in [3.05, 3.63) is 77.9 Å². The molecule has 0 fully saturated rings. The number of H-pyrrole nitrogens is 1. The Bertz CT molecular complexity index is 1150. The minimum Gasteiger partial charge on any atom is -0.480 e. The highest BCUT2D eigenvalue weighted by atomic mass is 16.5. The SMILES string of the molecule is CCC[C@H](NC(=O)OCC1c2ccccc2-c2ccccc21)C(=O)NC(Cc1cnc[nH]1)C(=O)O. The number of benzene rings is 2. The van der Waals surface area contributed by atoms with Gasteiger partial charge >= 0.3 is 12.1 Å². The van der Waals surface area contributed by atoms with Gasteiger partial charge in [0, 0.05) is 24.2 Å². The topological polar surface area (TPSA) is 133 Å². The lowest BCUT2D eigenvalue weighted by Crippen LogP contribution is -2.52. The van der Waals surface area contributed by atoms with Gasteiger partial charge in [0.15, 0.2) is 0 Å². The third-order valence-electron chi connectivity index (χ3n) is 6.12. The number of carboxylic acid groups (broad SMARTS) is 1. The maximum Gasteiger partial charge on any atom is 0.407 e. The normalized spacial score (nSPS) is 13.9. The van der Waals surface area contributed by atoms with E-state index in [0.29, 0.717) is 18.5 Å². The van der Waals surface area contributed by atoms with Gasteiger partial charge in [0.2, 0.25) is 5.91 Å². The minimum atomic E-state index is -1.18. The van der Waals surface area contributed by atoms with Crippen molar-refractivity contribution in [2.24, 2.45) is 0 Å². The molecule has 1 aliphatic rings. The Morgan fingerprint density at radius 1 is 1.03 bits per heavy atom. The number of nitrogens with zero attached hydrogens (tertiary/aromatic N) is 1. The van der Waals surface area contributed by atoms with E-state index >= 15 is 0 Å². The third-order valence-corrected chi connectivity index (χ3v) is 6.12. The molecule has 0 aliphatic heterocycles. The molecule has 0 bridgehead atoms. The van der Waals surface area contributed by atoms with E-state index in [-0.39, 0.29) is 18.9 Å². The molecule has 1 heterocycles. The lowest BCUT2D eigenvalue weighted by atomic mass is 9.98. The molecule has 9 nitrogen and oxygen atoms in total. The van der Waals surface area contributed by atoms with Gasteiger partial charge in [0.1, 0.15) is 18.7 Å². The number of imidazole rings is 1. The van der Waals surface area contributed by atoms with Gasteiger partial charge < -0.3 is 25.5 Å². The molecular weight excluding hydrogens is 448 g/mol. The lowest BCUT2D eigenvalue weighted by Gasteiger charge is -2.21. The molecule has 182 valence electrons. The van der Waals surface area contributed by atoms with Crippen LogP contribution in [0, 0.1) is 0 Å². The second kappa shape index (κ2) is 10.9. The Morgan fingerprint density at radius 2 is 1.69 bits per heavy atom. The van der Waals surface area contributed by atoms with E-state index in [9.17, 15) is 19.5 Å². The first-order valence-corrected chi connectivity index (χ1v) is 11.6. The second-order valence-corrected chi connectivity index (χ2v) is 8.49. The van der Waals surface area contributed by atoms with Crippen molar-refractivity contribution in [3.63, 3.8) is 0 Å². The number of ether oxygens (including phenoxy) is 1. The molecule has 0 radical (unpaired) electrons. The number of carboxylic acids is 1. The van der Waals surface area contributed by atoms with Crippen molar-refractivity contribution in [1.82, 2.24) is 20.6 Å². The molecule has 35 heavy (non-hydrogen) atoms. The van der Waals surface area contributed by atoms with E-state index in [2.05, 4.69) is 32.7 Å².